The first-order chi connectivity index (χ1) is 8.01. The fraction of sp³-hybridized carbons (Fsp3) is 0.889. The Balaban J connectivity index is 2.31. The van der Waals surface area contributed by atoms with E-state index in [0.717, 1.165) is 6.92 Å². The SMILES string of the molecule is CC(=O)OC1CC2OC1C(F)(F)C2(O)C(F)(F)F. The van der Waals surface area contributed by atoms with Crippen molar-refractivity contribution < 1.29 is 41.3 Å². The Bertz CT molecular complexity index is 382. The van der Waals surface area contributed by atoms with Crippen molar-refractivity contribution in [1.82, 2.24) is 0 Å². The van der Waals surface area contributed by atoms with Gasteiger partial charge in [0, 0.05) is 13.3 Å². The standard InChI is InChI=1S/C9H9F5O4/c1-3(15)17-4-2-5-7(16,9(12,13)14)8(10,11)6(4)18-5/h4-6,16H,2H2,1H3. The minimum Gasteiger partial charge on any atom is -0.459 e. The highest BCUT2D eigenvalue weighted by Crippen LogP contribution is 2.58. The van der Waals surface area contributed by atoms with E-state index in [0.29, 0.717) is 0 Å². The van der Waals surface area contributed by atoms with Gasteiger partial charge in [-0.2, -0.15) is 22.0 Å². The second-order valence-corrected chi connectivity index (χ2v) is 4.32. The van der Waals surface area contributed by atoms with Gasteiger partial charge in [-0.15, -0.1) is 0 Å². The molecule has 0 aromatic rings. The zero-order valence-electron chi connectivity index (χ0n) is 9.00. The molecule has 2 aliphatic heterocycles. The Hall–Kier alpha value is -0.960. The lowest BCUT2D eigenvalue weighted by atomic mass is 9.79. The van der Waals surface area contributed by atoms with E-state index in [-0.39, 0.29) is 0 Å². The molecule has 104 valence electrons. The summed E-state index contributed by atoms with van der Waals surface area (Å²) in [5.74, 6) is -5.46. The maximum Gasteiger partial charge on any atom is 0.425 e. The van der Waals surface area contributed by atoms with Crippen molar-refractivity contribution in [3.8, 4) is 0 Å². The van der Waals surface area contributed by atoms with Crippen LogP contribution in [0, 0.1) is 0 Å². The summed E-state index contributed by atoms with van der Waals surface area (Å²) in [4.78, 5) is 10.6. The molecule has 2 bridgehead atoms. The molecule has 2 rings (SSSR count). The molecule has 2 aliphatic rings. The third-order valence-corrected chi connectivity index (χ3v) is 3.18. The van der Waals surface area contributed by atoms with Crippen molar-refractivity contribution in [1.29, 1.82) is 0 Å². The molecule has 0 aliphatic carbocycles. The first-order valence-corrected chi connectivity index (χ1v) is 5.01. The quantitative estimate of drug-likeness (QED) is 0.574. The molecule has 0 aromatic carbocycles. The highest BCUT2D eigenvalue weighted by atomic mass is 19.4. The van der Waals surface area contributed by atoms with E-state index in [2.05, 4.69) is 9.47 Å². The van der Waals surface area contributed by atoms with Crippen LogP contribution in [0.1, 0.15) is 13.3 Å². The van der Waals surface area contributed by atoms with E-state index in [9.17, 15) is 31.9 Å². The van der Waals surface area contributed by atoms with Crippen molar-refractivity contribution in [2.75, 3.05) is 0 Å². The number of carbonyl (C=O) groups is 1. The van der Waals surface area contributed by atoms with Gasteiger partial charge in [0.2, 0.25) is 0 Å². The normalized spacial score (nSPS) is 42.1. The van der Waals surface area contributed by atoms with E-state index in [4.69, 9.17) is 0 Å². The van der Waals surface area contributed by atoms with Crippen LogP contribution in [0.3, 0.4) is 0 Å². The van der Waals surface area contributed by atoms with Gasteiger partial charge >= 0.3 is 18.1 Å². The summed E-state index contributed by atoms with van der Waals surface area (Å²) in [5.41, 5.74) is -4.23. The second-order valence-electron chi connectivity index (χ2n) is 4.32. The van der Waals surface area contributed by atoms with Crippen molar-refractivity contribution in [3.63, 3.8) is 0 Å². The third-order valence-electron chi connectivity index (χ3n) is 3.18. The fourth-order valence-electron chi connectivity index (χ4n) is 2.37. The first-order valence-electron chi connectivity index (χ1n) is 5.01. The molecular formula is C9H9F5O4. The lowest BCUT2D eigenvalue weighted by Gasteiger charge is -2.39. The number of ether oxygens (including phenoxy) is 2. The molecule has 4 atom stereocenters. The zero-order valence-corrected chi connectivity index (χ0v) is 9.00. The predicted molar refractivity (Wildman–Crippen MR) is 44.8 cm³/mol. The van der Waals surface area contributed by atoms with Gasteiger partial charge < -0.3 is 14.6 Å². The molecular weight excluding hydrogens is 267 g/mol. The highest BCUT2D eigenvalue weighted by molar-refractivity contribution is 5.66. The van der Waals surface area contributed by atoms with Crippen LogP contribution in [0.2, 0.25) is 0 Å². The smallest absolute Gasteiger partial charge is 0.425 e. The molecule has 4 nitrogen and oxygen atoms in total. The molecule has 18 heavy (non-hydrogen) atoms. The summed E-state index contributed by atoms with van der Waals surface area (Å²) >= 11 is 0. The Labute approximate surface area is 97.7 Å². The van der Waals surface area contributed by atoms with Gasteiger partial charge in [-0.3, -0.25) is 4.79 Å². The fourth-order valence-corrected chi connectivity index (χ4v) is 2.37. The van der Waals surface area contributed by atoms with Crippen LogP contribution in [0.25, 0.3) is 0 Å². The topological polar surface area (TPSA) is 55.8 Å². The minimum atomic E-state index is -5.53. The summed E-state index contributed by atoms with van der Waals surface area (Å²) in [6, 6.07) is 0. The van der Waals surface area contributed by atoms with Crippen LogP contribution in [-0.2, 0) is 14.3 Å². The van der Waals surface area contributed by atoms with E-state index in [1.54, 1.807) is 0 Å². The van der Waals surface area contributed by atoms with Crippen LogP contribution in [-0.4, -0.2) is 47.1 Å². The predicted octanol–water partition coefficient (Wildman–Crippen LogP) is 1.02. The van der Waals surface area contributed by atoms with Gasteiger partial charge in [0.05, 0.1) is 0 Å². The average Bonchev–Trinajstić information content (AvgIpc) is 2.64. The Morgan fingerprint density at radius 1 is 1.44 bits per heavy atom. The Morgan fingerprint density at radius 2 is 2.00 bits per heavy atom. The molecule has 4 unspecified atom stereocenters. The van der Waals surface area contributed by atoms with Crippen LogP contribution in [0.5, 0.6) is 0 Å². The van der Waals surface area contributed by atoms with Crippen molar-refractivity contribution in [2.24, 2.45) is 0 Å². The average molecular weight is 276 g/mol. The number of hydrogen-bond acceptors (Lipinski definition) is 4. The van der Waals surface area contributed by atoms with Crippen LogP contribution >= 0.6 is 0 Å². The summed E-state index contributed by atoms with van der Waals surface area (Å²) in [5, 5.41) is 9.26. The summed E-state index contributed by atoms with van der Waals surface area (Å²) < 4.78 is 73.8. The number of fused-ring (bicyclic) bond motifs is 2. The summed E-state index contributed by atoms with van der Waals surface area (Å²) in [7, 11) is 0. The number of alkyl halides is 5. The number of carbonyl (C=O) groups excluding carboxylic acids is 1. The van der Waals surface area contributed by atoms with Gasteiger partial charge in [-0.1, -0.05) is 0 Å². The molecule has 2 heterocycles. The molecule has 0 radical (unpaired) electrons. The Morgan fingerprint density at radius 3 is 2.39 bits per heavy atom. The number of halogens is 5. The van der Waals surface area contributed by atoms with Gasteiger partial charge in [0.25, 0.3) is 5.60 Å². The number of hydrogen-bond donors (Lipinski definition) is 1. The number of esters is 1. The van der Waals surface area contributed by atoms with Crippen LogP contribution in [0.4, 0.5) is 22.0 Å². The number of aliphatic hydroxyl groups is 1. The van der Waals surface area contributed by atoms with Gasteiger partial charge in [-0.05, 0) is 0 Å². The third kappa shape index (κ3) is 1.46. The van der Waals surface area contributed by atoms with E-state index >= 15 is 0 Å². The van der Waals surface area contributed by atoms with Crippen LogP contribution in [0.15, 0.2) is 0 Å². The monoisotopic (exact) mass is 276 g/mol. The van der Waals surface area contributed by atoms with E-state index in [1.165, 1.54) is 0 Å². The molecule has 0 aromatic heterocycles. The second kappa shape index (κ2) is 3.53. The molecule has 0 amide bonds. The molecule has 0 saturated carbocycles. The highest BCUT2D eigenvalue weighted by Gasteiger charge is 2.84. The molecule has 9 heteroatoms. The van der Waals surface area contributed by atoms with Gasteiger partial charge in [0.15, 0.2) is 6.10 Å². The summed E-state index contributed by atoms with van der Waals surface area (Å²) in [6.45, 7) is 0.945. The van der Waals surface area contributed by atoms with Gasteiger partial charge in [-0.25, -0.2) is 0 Å². The lowest BCUT2D eigenvalue weighted by molar-refractivity contribution is -0.337. The van der Waals surface area contributed by atoms with Crippen molar-refractivity contribution in [2.45, 2.75) is 49.4 Å². The molecule has 2 saturated heterocycles. The van der Waals surface area contributed by atoms with E-state index < -0.39 is 48.4 Å². The number of rotatable bonds is 1. The lowest BCUT2D eigenvalue weighted by Crippen LogP contribution is -2.67. The van der Waals surface area contributed by atoms with Crippen molar-refractivity contribution in [3.05, 3.63) is 0 Å². The first kappa shape index (κ1) is 13.5. The maximum atomic E-state index is 13.6. The molecule has 1 N–H and O–H groups in total. The zero-order chi connectivity index (χ0) is 13.9. The van der Waals surface area contributed by atoms with E-state index in [1.807, 2.05) is 0 Å². The maximum absolute atomic E-state index is 13.6. The van der Waals surface area contributed by atoms with Gasteiger partial charge in [0.1, 0.15) is 12.2 Å². The van der Waals surface area contributed by atoms with Crippen molar-refractivity contribution >= 4 is 5.97 Å². The molecule has 2 fully saturated rings. The molecule has 0 spiro atoms. The Kier molecular flexibility index (Phi) is 2.65. The van der Waals surface area contributed by atoms with Crippen LogP contribution < -0.4 is 0 Å². The minimum absolute atomic E-state index is 0.615. The largest absolute Gasteiger partial charge is 0.459 e. The summed E-state index contributed by atoms with van der Waals surface area (Å²) in [6.07, 6.45) is -12.0.